The van der Waals surface area contributed by atoms with Crippen LogP contribution in [0.2, 0.25) is 0 Å². The first-order valence-electron chi connectivity index (χ1n) is 8.12. The van der Waals surface area contributed by atoms with Gasteiger partial charge in [0.25, 0.3) is 0 Å². The van der Waals surface area contributed by atoms with Crippen molar-refractivity contribution in [2.45, 2.75) is 10.9 Å². The zero-order chi connectivity index (χ0) is 18.6. The maximum absolute atomic E-state index is 5.45. The lowest BCUT2D eigenvalue weighted by atomic mass is 10.2. The molecule has 27 heavy (non-hydrogen) atoms. The van der Waals surface area contributed by atoms with E-state index in [-0.39, 0.29) is 0 Å². The van der Waals surface area contributed by atoms with Crippen molar-refractivity contribution in [3.05, 3.63) is 64.1 Å². The van der Waals surface area contributed by atoms with Gasteiger partial charge in [0.1, 0.15) is 10.8 Å². The zero-order valence-corrected chi connectivity index (χ0v) is 17.6. The highest BCUT2D eigenvalue weighted by Crippen LogP contribution is 2.35. The van der Waals surface area contributed by atoms with E-state index in [2.05, 4.69) is 36.5 Å². The zero-order valence-electron chi connectivity index (χ0n) is 14.3. The molecule has 0 saturated heterocycles. The van der Waals surface area contributed by atoms with Gasteiger partial charge in [0, 0.05) is 21.2 Å². The lowest BCUT2D eigenvalue weighted by Gasteiger charge is -2.06. The van der Waals surface area contributed by atoms with Crippen molar-refractivity contribution in [1.82, 2.24) is 20.2 Å². The quantitative estimate of drug-likeness (QED) is 0.377. The Hall–Kier alpha value is -2.16. The summed E-state index contributed by atoms with van der Waals surface area (Å²) < 4.78 is 6.45. The lowest BCUT2D eigenvalue weighted by Crippen LogP contribution is -1.88. The molecule has 1 N–H and O–H groups in total. The average Bonchev–Trinajstić information content (AvgIpc) is 3.37. The van der Waals surface area contributed by atoms with Crippen LogP contribution >= 0.6 is 39.0 Å². The van der Waals surface area contributed by atoms with Crippen LogP contribution in [0.5, 0.6) is 5.75 Å². The molecule has 0 atom stereocenters. The molecule has 136 valence electrons. The number of hydrogen-bond acceptors (Lipinski definition) is 6. The van der Waals surface area contributed by atoms with E-state index < -0.39 is 0 Å². The van der Waals surface area contributed by atoms with Crippen LogP contribution in [0.1, 0.15) is 5.69 Å². The van der Waals surface area contributed by atoms with E-state index in [4.69, 9.17) is 9.72 Å². The van der Waals surface area contributed by atoms with Gasteiger partial charge in [0.15, 0.2) is 5.82 Å². The molecule has 0 saturated carbocycles. The van der Waals surface area contributed by atoms with Crippen LogP contribution in [0.25, 0.3) is 22.0 Å². The van der Waals surface area contributed by atoms with Crippen molar-refractivity contribution in [2.24, 2.45) is 0 Å². The number of thioether (sulfide) groups is 1. The highest BCUT2D eigenvalue weighted by Gasteiger charge is 2.12. The maximum atomic E-state index is 5.45. The second kappa shape index (κ2) is 8.24. The summed E-state index contributed by atoms with van der Waals surface area (Å²) in [4.78, 5) is 9.29. The van der Waals surface area contributed by atoms with E-state index in [1.165, 1.54) is 0 Å². The van der Waals surface area contributed by atoms with Crippen LogP contribution in [-0.2, 0) is 5.75 Å². The number of nitrogens with one attached hydrogen (secondary N) is 1. The van der Waals surface area contributed by atoms with Crippen LogP contribution < -0.4 is 4.74 Å². The van der Waals surface area contributed by atoms with Gasteiger partial charge in [0.05, 0.1) is 18.4 Å². The smallest absolute Gasteiger partial charge is 0.209 e. The standard InChI is InChI=1S/C19H15BrN4OS2/c1-25-16-8-7-13(20)9-15(16)18-21-14(10-26-18)11-27-19-22-17(23-24-19)12-5-3-2-4-6-12/h2-10H,11H2,1H3,(H,22,23,24). The summed E-state index contributed by atoms with van der Waals surface area (Å²) in [7, 11) is 1.67. The van der Waals surface area contributed by atoms with Crippen LogP contribution in [-0.4, -0.2) is 27.3 Å². The number of halogens is 1. The fourth-order valence-electron chi connectivity index (χ4n) is 2.52. The number of aromatic nitrogens is 4. The molecule has 0 amide bonds. The predicted octanol–water partition coefficient (Wildman–Crippen LogP) is 5.66. The number of aromatic amines is 1. The maximum Gasteiger partial charge on any atom is 0.209 e. The van der Waals surface area contributed by atoms with E-state index >= 15 is 0 Å². The van der Waals surface area contributed by atoms with Gasteiger partial charge in [-0.25, -0.2) is 9.97 Å². The Morgan fingerprint density at radius 1 is 1.15 bits per heavy atom. The third-order valence-corrected chi connectivity index (χ3v) is 6.10. The van der Waals surface area contributed by atoms with Gasteiger partial charge in [-0.1, -0.05) is 58.0 Å². The number of hydrogen-bond donors (Lipinski definition) is 1. The Morgan fingerprint density at radius 2 is 2.00 bits per heavy atom. The largest absolute Gasteiger partial charge is 0.496 e. The number of benzene rings is 2. The van der Waals surface area contributed by atoms with Gasteiger partial charge in [0.2, 0.25) is 5.16 Å². The normalized spacial score (nSPS) is 10.9. The van der Waals surface area contributed by atoms with Crippen molar-refractivity contribution < 1.29 is 4.74 Å². The Morgan fingerprint density at radius 3 is 2.81 bits per heavy atom. The van der Waals surface area contributed by atoms with Gasteiger partial charge in [-0.15, -0.1) is 16.4 Å². The number of rotatable bonds is 6. The SMILES string of the molecule is COc1ccc(Br)cc1-c1nc(CSc2n[nH]c(-c3ccccc3)n2)cs1. The average molecular weight is 459 g/mol. The minimum absolute atomic E-state index is 0.707. The molecule has 2 heterocycles. The topological polar surface area (TPSA) is 63.7 Å². The molecular formula is C19H15BrN4OS2. The molecule has 0 fully saturated rings. The van der Waals surface area contributed by atoms with Crippen molar-refractivity contribution in [3.8, 4) is 27.7 Å². The summed E-state index contributed by atoms with van der Waals surface area (Å²) in [5.74, 6) is 2.29. The van der Waals surface area contributed by atoms with Crippen molar-refractivity contribution in [3.63, 3.8) is 0 Å². The fourth-order valence-corrected chi connectivity index (χ4v) is 4.52. The second-order valence-corrected chi connectivity index (χ2v) is 8.33. The second-order valence-electron chi connectivity index (χ2n) is 5.61. The Kier molecular flexibility index (Phi) is 5.56. The summed E-state index contributed by atoms with van der Waals surface area (Å²) in [6, 6.07) is 15.9. The first-order chi connectivity index (χ1) is 13.2. The summed E-state index contributed by atoms with van der Waals surface area (Å²) >= 11 is 6.67. The summed E-state index contributed by atoms with van der Waals surface area (Å²) in [6.07, 6.45) is 0. The Balaban J connectivity index is 1.46. The molecule has 0 aliphatic heterocycles. The van der Waals surface area contributed by atoms with Crippen LogP contribution in [0.4, 0.5) is 0 Å². The minimum Gasteiger partial charge on any atom is -0.496 e. The third-order valence-electron chi connectivity index (χ3n) is 3.80. The molecule has 0 aliphatic carbocycles. The number of H-pyrrole nitrogens is 1. The highest BCUT2D eigenvalue weighted by molar-refractivity contribution is 9.10. The number of ether oxygens (including phenoxy) is 1. The summed E-state index contributed by atoms with van der Waals surface area (Å²) in [6.45, 7) is 0. The van der Waals surface area contributed by atoms with Crippen molar-refractivity contribution in [1.29, 1.82) is 0 Å². The number of methoxy groups -OCH3 is 1. The molecule has 2 aromatic carbocycles. The fraction of sp³-hybridized carbons (Fsp3) is 0.105. The molecule has 0 radical (unpaired) electrons. The first-order valence-corrected chi connectivity index (χ1v) is 10.8. The molecule has 5 nitrogen and oxygen atoms in total. The van der Waals surface area contributed by atoms with E-state index in [1.54, 1.807) is 30.2 Å². The molecular weight excluding hydrogens is 444 g/mol. The number of thiazole rings is 1. The molecule has 4 rings (SSSR count). The van der Waals surface area contributed by atoms with Gasteiger partial charge >= 0.3 is 0 Å². The minimum atomic E-state index is 0.707. The van der Waals surface area contributed by atoms with Crippen LogP contribution in [0.15, 0.2) is 63.5 Å². The monoisotopic (exact) mass is 458 g/mol. The summed E-state index contributed by atoms with van der Waals surface area (Å²) in [5, 5.41) is 11.0. The molecule has 4 aromatic rings. The van der Waals surface area contributed by atoms with Gasteiger partial charge in [-0.3, -0.25) is 5.10 Å². The van der Waals surface area contributed by atoms with E-state index in [0.29, 0.717) is 10.9 Å². The van der Waals surface area contributed by atoms with Gasteiger partial charge < -0.3 is 4.74 Å². The molecule has 0 spiro atoms. The van der Waals surface area contributed by atoms with Gasteiger partial charge in [-0.05, 0) is 18.2 Å². The molecule has 0 bridgehead atoms. The Bertz CT molecular complexity index is 1050. The predicted molar refractivity (Wildman–Crippen MR) is 113 cm³/mol. The van der Waals surface area contributed by atoms with Crippen LogP contribution in [0, 0.1) is 0 Å². The third kappa shape index (κ3) is 4.23. The van der Waals surface area contributed by atoms with E-state index in [1.807, 2.05) is 48.5 Å². The molecule has 0 unspecified atom stereocenters. The molecule has 0 aliphatic rings. The molecule has 2 aromatic heterocycles. The first kappa shape index (κ1) is 18.2. The number of nitrogens with zero attached hydrogens (tertiary/aromatic N) is 3. The summed E-state index contributed by atoms with van der Waals surface area (Å²) in [5.41, 5.74) is 3.00. The Labute approximate surface area is 173 Å². The van der Waals surface area contributed by atoms with Crippen molar-refractivity contribution >= 4 is 39.0 Å². The van der Waals surface area contributed by atoms with E-state index in [0.717, 1.165) is 37.9 Å². The van der Waals surface area contributed by atoms with Gasteiger partial charge in [-0.2, -0.15) is 0 Å². The van der Waals surface area contributed by atoms with Crippen molar-refractivity contribution in [2.75, 3.05) is 7.11 Å². The molecule has 8 heteroatoms. The van der Waals surface area contributed by atoms with Crippen LogP contribution in [0.3, 0.4) is 0 Å². The highest BCUT2D eigenvalue weighted by atomic mass is 79.9. The lowest BCUT2D eigenvalue weighted by molar-refractivity contribution is 0.416. The van der Waals surface area contributed by atoms with E-state index in [9.17, 15) is 0 Å².